The first-order valence-corrected chi connectivity index (χ1v) is 5.41. The molecule has 0 aliphatic carbocycles. The minimum atomic E-state index is -0.981. The Balaban J connectivity index is 2.91. The topological polar surface area (TPSA) is 68.7 Å². The first-order chi connectivity index (χ1) is 8.04. The van der Waals surface area contributed by atoms with Crippen LogP contribution in [0.2, 0.25) is 0 Å². The van der Waals surface area contributed by atoms with Crippen molar-refractivity contribution >= 4 is 5.97 Å². The van der Waals surface area contributed by atoms with E-state index < -0.39 is 5.97 Å². The lowest BCUT2D eigenvalue weighted by atomic mass is 10.1. The van der Waals surface area contributed by atoms with E-state index in [1.807, 2.05) is 13.8 Å². The second-order valence-corrected chi connectivity index (χ2v) is 3.92. The monoisotopic (exact) mass is 239 g/mol. The van der Waals surface area contributed by atoms with Gasteiger partial charge in [0.15, 0.2) is 0 Å². The highest BCUT2D eigenvalue weighted by atomic mass is 16.5. The lowest BCUT2D eigenvalue weighted by molar-refractivity contribution is 0.0695. The van der Waals surface area contributed by atoms with Crippen molar-refractivity contribution in [2.24, 2.45) is 0 Å². The van der Waals surface area contributed by atoms with Gasteiger partial charge in [-0.3, -0.25) is 0 Å². The Kier molecular flexibility index (Phi) is 4.90. The number of nitrogens with zero attached hydrogens (tertiary/aromatic N) is 1. The second-order valence-electron chi connectivity index (χ2n) is 3.92. The molecule has 0 unspecified atom stereocenters. The van der Waals surface area contributed by atoms with E-state index in [9.17, 15) is 4.79 Å². The highest BCUT2D eigenvalue weighted by molar-refractivity contribution is 5.88. The van der Waals surface area contributed by atoms with Crippen molar-refractivity contribution in [1.82, 2.24) is 4.98 Å². The van der Waals surface area contributed by atoms with Crippen molar-refractivity contribution < 1.29 is 19.4 Å². The van der Waals surface area contributed by atoms with Crippen LogP contribution in [0.3, 0.4) is 0 Å². The molecule has 0 amide bonds. The lowest BCUT2D eigenvalue weighted by Gasteiger charge is -2.10. The van der Waals surface area contributed by atoms with Crippen molar-refractivity contribution in [2.75, 3.05) is 20.3 Å². The molecule has 0 atom stereocenters. The minimum Gasteiger partial charge on any atom is -0.478 e. The Morgan fingerprint density at radius 2 is 2.12 bits per heavy atom. The largest absolute Gasteiger partial charge is 0.478 e. The third kappa shape index (κ3) is 4.03. The van der Waals surface area contributed by atoms with Gasteiger partial charge in [-0.2, -0.15) is 0 Å². The fourth-order valence-corrected chi connectivity index (χ4v) is 1.25. The second kappa shape index (κ2) is 6.20. The van der Waals surface area contributed by atoms with Crippen molar-refractivity contribution in [3.8, 4) is 5.88 Å². The lowest BCUT2D eigenvalue weighted by Crippen LogP contribution is -2.08. The van der Waals surface area contributed by atoms with E-state index in [0.717, 1.165) is 0 Å². The quantitative estimate of drug-likeness (QED) is 0.768. The van der Waals surface area contributed by atoms with Crippen LogP contribution in [-0.4, -0.2) is 36.4 Å². The highest BCUT2D eigenvalue weighted by Gasteiger charge is 2.11. The molecule has 0 spiro atoms. The van der Waals surface area contributed by atoms with E-state index >= 15 is 0 Å². The van der Waals surface area contributed by atoms with E-state index in [-0.39, 0.29) is 11.5 Å². The van der Waals surface area contributed by atoms with Crippen LogP contribution in [0.15, 0.2) is 12.1 Å². The zero-order valence-electron chi connectivity index (χ0n) is 10.3. The van der Waals surface area contributed by atoms with Gasteiger partial charge in [0.05, 0.1) is 12.2 Å². The summed E-state index contributed by atoms with van der Waals surface area (Å²) in [6, 6.07) is 2.99. The van der Waals surface area contributed by atoms with E-state index in [1.54, 1.807) is 13.2 Å². The maximum atomic E-state index is 10.9. The molecule has 0 fully saturated rings. The molecule has 1 rings (SSSR count). The van der Waals surface area contributed by atoms with Gasteiger partial charge in [0, 0.05) is 18.9 Å². The molecule has 1 heterocycles. The number of rotatable bonds is 6. The van der Waals surface area contributed by atoms with Crippen LogP contribution >= 0.6 is 0 Å². The standard InChI is InChI=1S/C12H17NO4/c1-8(2)10-6-9(12(14)15)7-11(13-10)17-5-4-16-3/h6-8H,4-5H2,1-3H3,(H,14,15). The zero-order chi connectivity index (χ0) is 12.8. The predicted octanol–water partition coefficient (Wildman–Crippen LogP) is 1.93. The first-order valence-electron chi connectivity index (χ1n) is 5.41. The SMILES string of the molecule is COCCOc1cc(C(=O)O)cc(C(C)C)n1. The molecule has 0 saturated carbocycles. The van der Waals surface area contributed by atoms with Gasteiger partial charge in [0.1, 0.15) is 6.61 Å². The van der Waals surface area contributed by atoms with Crippen LogP contribution in [0.5, 0.6) is 5.88 Å². The molecular weight excluding hydrogens is 222 g/mol. The van der Waals surface area contributed by atoms with Crippen LogP contribution in [-0.2, 0) is 4.74 Å². The van der Waals surface area contributed by atoms with Gasteiger partial charge in [-0.15, -0.1) is 0 Å². The van der Waals surface area contributed by atoms with Crippen molar-refractivity contribution in [2.45, 2.75) is 19.8 Å². The molecule has 1 aromatic rings. The molecule has 0 aliphatic rings. The van der Waals surface area contributed by atoms with Gasteiger partial charge in [-0.1, -0.05) is 13.8 Å². The summed E-state index contributed by atoms with van der Waals surface area (Å²) in [5.74, 6) is -0.504. The van der Waals surface area contributed by atoms with Gasteiger partial charge in [0.2, 0.25) is 5.88 Å². The number of carboxylic acid groups (broad SMARTS) is 1. The first kappa shape index (κ1) is 13.4. The van der Waals surface area contributed by atoms with Gasteiger partial charge in [-0.25, -0.2) is 9.78 Å². The summed E-state index contributed by atoms with van der Waals surface area (Å²) in [6.07, 6.45) is 0. The molecule has 0 aliphatic heterocycles. The molecule has 0 radical (unpaired) electrons. The normalized spacial score (nSPS) is 10.6. The average molecular weight is 239 g/mol. The molecule has 0 bridgehead atoms. The Morgan fingerprint density at radius 3 is 2.65 bits per heavy atom. The summed E-state index contributed by atoms with van der Waals surface area (Å²) >= 11 is 0. The fraction of sp³-hybridized carbons (Fsp3) is 0.500. The third-order valence-corrected chi connectivity index (χ3v) is 2.20. The number of carboxylic acids is 1. The summed E-state index contributed by atoms with van der Waals surface area (Å²) in [5, 5.41) is 8.98. The van der Waals surface area contributed by atoms with Crippen LogP contribution in [0, 0.1) is 0 Å². The summed E-state index contributed by atoms with van der Waals surface area (Å²) in [5.41, 5.74) is 0.897. The maximum Gasteiger partial charge on any atom is 0.335 e. The Bertz CT molecular complexity index is 390. The number of methoxy groups -OCH3 is 1. The van der Waals surface area contributed by atoms with Gasteiger partial charge >= 0.3 is 5.97 Å². The summed E-state index contributed by atoms with van der Waals surface area (Å²) in [6.45, 7) is 4.69. The molecule has 17 heavy (non-hydrogen) atoms. The summed E-state index contributed by atoms with van der Waals surface area (Å²) in [7, 11) is 1.57. The molecule has 94 valence electrons. The number of ether oxygens (including phenoxy) is 2. The third-order valence-electron chi connectivity index (χ3n) is 2.20. The smallest absolute Gasteiger partial charge is 0.335 e. The Hall–Kier alpha value is -1.62. The number of aromatic carboxylic acids is 1. The van der Waals surface area contributed by atoms with E-state index in [4.69, 9.17) is 14.6 Å². The highest BCUT2D eigenvalue weighted by Crippen LogP contribution is 2.19. The molecule has 5 heteroatoms. The van der Waals surface area contributed by atoms with Crippen LogP contribution < -0.4 is 4.74 Å². The number of hydrogen-bond acceptors (Lipinski definition) is 4. The summed E-state index contributed by atoms with van der Waals surface area (Å²) < 4.78 is 10.2. The van der Waals surface area contributed by atoms with E-state index in [0.29, 0.717) is 24.8 Å². The number of aromatic nitrogens is 1. The average Bonchev–Trinajstić information content (AvgIpc) is 2.29. The zero-order valence-corrected chi connectivity index (χ0v) is 10.3. The molecule has 0 aromatic carbocycles. The van der Waals surface area contributed by atoms with Crippen molar-refractivity contribution in [1.29, 1.82) is 0 Å². The maximum absolute atomic E-state index is 10.9. The fourth-order valence-electron chi connectivity index (χ4n) is 1.25. The molecule has 1 N–H and O–H groups in total. The van der Waals surface area contributed by atoms with Crippen molar-refractivity contribution in [3.05, 3.63) is 23.4 Å². The predicted molar refractivity (Wildman–Crippen MR) is 62.7 cm³/mol. The van der Waals surface area contributed by atoms with Crippen molar-refractivity contribution in [3.63, 3.8) is 0 Å². The molecule has 5 nitrogen and oxygen atoms in total. The molecule has 1 aromatic heterocycles. The van der Waals surface area contributed by atoms with Gasteiger partial charge in [-0.05, 0) is 12.0 Å². The van der Waals surface area contributed by atoms with Crippen LogP contribution in [0.4, 0.5) is 0 Å². The summed E-state index contributed by atoms with van der Waals surface area (Å²) in [4.78, 5) is 15.2. The number of pyridine rings is 1. The van der Waals surface area contributed by atoms with E-state index in [2.05, 4.69) is 4.98 Å². The van der Waals surface area contributed by atoms with Crippen LogP contribution in [0.1, 0.15) is 35.8 Å². The molecule has 0 saturated heterocycles. The van der Waals surface area contributed by atoms with Gasteiger partial charge < -0.3 is 14.6 Å². The van der Waals surface area contributed by atoms with Crippen LogP contribution in [0.25, 0.3) is 0 Å². The van der Waals surface area contributed by atoms with Gasteiger partial charge in [0.25, 0.3) is 0 Å². The minimum absolute atomic E-state index is 0.152. The number of carbonyl (C=O) groups is 1. The Morgan fingerprint density at radius 1 is 1.41 bits per heavy atom. The number of hydrogen-bond donors (Lipinski definition) is 1. The molecular formula is C12H17NO4. The van der Waals surface area contributed by atoms with E-state index in [1.165, 1.54) is 6.07 Å². The Labute approximate surface area is 100 Å².